The number of nitrogens with one attached hydrogen (secondary N) is 2. The molecule has 6 rings (SSSR count). The summed E-state index contributed by atoms with van der Waals surface area (Å²) >= 11 is 6.50. The van der Waals surface area contributed by atoms with Crippen LogP contribution in [0.1, 0.15) is 38.5 Å². The van der Waals surface area contributed by atoms with E-state index in [0.717, 1.165) is 76.4 Å². The summed E-state index contributed by atoms with van der Waals surface area (Å²) in [5, 5.41) is 8.26. The van der Waals surface area contributed by atoms with Crippen molar-refractivity contribution in [2.75, 3.05) is 44.7 Å². The maximum atomic E-state index is 13.1. The fourth-order valence-electron chi connectivity index (χ4n) is 6.50. The summed E-state index contributed by atoms with van der Waals surface area (Å²) in [6, 6.07) is 0. The van der Waals surface area contributed by atoms with Crippen molar-refractivity contribution in [3.8, 4) is 0 Å². The van der Waals surface area contributed by atoms with E-state index in [-0.39, 0.29) is 11.1 Å². The summed E-state index contributed by atoms with van der Waals surface area (Å²) in [6.07, 6.45) is 9.15. The molecule has 5 aliphatic rings. The molecule has 0 radical (unpaired) electrons. The van der Waals surface area contributed by atoms with E-state index in [0.29, 0.717) is 10.7 Å². The quantitative estimate of drug-likeness (QED) is 0.787. The van der Waals surface area contributed by atoms with Crippen LogP contribution < -0.4 is 15.8 Å². The number of anilines is 1. The Labute approximate surface area is 165 Å². The van der Waals surface area contributed by atoms with Gasteiger partial charge in [0.05, 0.1) is 43.7 Å². The zero-order chi connectivity index (χ0) is 18.4. The van der Waals surface area contributed by atoms with Gasteiger partial charge in [-0.25, -0.2) is 4.68 Å². The second kappa shape index (κ2) is 7.05. The summed E-state index contributed by atoms with van der Waals surface area (Å²) in [5.41, 5.74) is 0.490. The third-order valence-electron chi connectivity index (χ3n) is 7.37. The highest BCUT2D eigenvalue weighted by Crippen LogP contribution is 2.58. The third-order valence-corrected chi connectivity index (χ3v) is 7.73. The molecule has 2 N–H and O–H groups in total. The molecule has 0 unspecified atom stereocenters. The van der Waals surface area contributed by atoms with Crippen LogP contribution in [0.15, 0.2) is 11.0 Å². The lowest BCUT2D eigenvalue weighted by molar-refractivity contribution is -0.906. The van der Waals surface area contributed by atoms with E-state index < -0.39 is 0 Å². The van der Waals surface area contributed by atoms with Gasteiger partial charge in [-0.05, 0) is 56.3 Å². The Morgan fingerprint density at radius 1 is 1.19 bits per heavy atom. The molecule has 27 heavy (non-hydrogen) atoms. The smallest absolute Gasteiger partial charge is 0.288 e. The Hall–Kier alpha value is -1.11. The van der Waals surface area contributed by atoms with Gasteiger partial charge in [-0.1, -0.05) is 11.6 Å². The minimum Gasteiger partial charge on any atom is -0.377 e. The maximum Gasteiger partial charge on any atom is 0.288 e. The first kappa shape index (κ1) is 18.0. The first-order chi connectivity index (χ1) is 13.1. The Balaban J connectivity index is 1.31. The number of morpholine rings is 1. The van der Waals surface area contributed by atoms with Gasteiger partial charge in [0.1, 0.15) is 18.1 Å². The van der Waals surface area contributed by atoms with Crippen molar-refractivity contribution in [1.82, 2.24) is 9.78 Å². The fraction of sp³-hybridized carbons (Fsp3) is 0.800. The molecule has 4 saturated carbocycles. The number of hydrogen-bond acceptors (Lipinski definition) is 4. The molecule has 0 spiro atoms. The number of halogens is 1. The average molecular weight is 394 g/mol. The van der Waals surface area contributed by atoms with Crippen molar-refractivity contribution in [3.63, 3.8) is 0 Å². The second-order valence-corrected chi connectivity index (χ2v) is 9.65. The van der Waals surface area contributed by atoms with E-state index in [4.69, 9.17) is 16.3 Å². The van der Waals surface area contributed by atoms with E-state index >= 15 is 0 Å². The van der Waals surface area contributed by atoms with Gasteiger partial charge in [0.2, 0.25) is 0 Å². The molecule has 2 heterocycles. The van der Waals surface area contributed by atoms with Crippen LogP contribution in [-0.4, -0.2) is 49.2 Å². The highest BCUT2D eigenvalue weighted by atomic mass is 35.5. The molecule has 1 aromatic rings. The molecule has 1 saturated heterocycles. The minimum absolute atomic E-state index is 0.0774. The molecule has 4 aliphatic carbocycles. The molecule has 1 aliphatic heterocycles. The monoisotopic (exact) mass is 393 g/mol. The van der Waals surface area contributed by atoms with E-state index in [1.54, 1.807) is 10.9 Å². The molecule has 148 valence electrons. The summed E-state index contributed by atoms with van der Waals surface area (Å²) in [7, 11) is 0. The van der Waals surface area contributed by atoms with E-state index in [9.17, 15) is 4.79 Å². The van der Waals surface area contributed by atoms with Gasteiger partial charge < -0.3 is 15.0 Å². The standard InChI is InChI=1S/C20H29ClN4O2/c21-18-17(22-1-2-24-3-5-27-6-4-24)13-23-25(19(18)26)20-10-14-7-15(11-20)9-16(8-14)12-20/h13-16,22H,1-12H2/p+1. The normalized spacial score (nSPS) is 35.5. The molecule has 5 fully saturated rings. The van der Waals surface area contributed by atoms with Crippen LogP contribution in [0.25, 0.3) is 0 Å². The Morgan fingerprint density at radius 3 is 2.44 bits per heavy atom. The molecule has 0 aromatic carbocycles. The SMILES string of the molecule is O=c1c(Cl)c(NCC[NH+]2CCOCC2)cnn1C12CC3CC(CC(C3)C1)C2. The van der Waals surface area contributed by atoms with Gasteiger partial charge in [0.25, 0.3) is 5.56 Å². The predicted octanol–water partition coefficient (Wildman–Crippen LogP) is 1.15. The van der Waals surface area contributed by atoms with E-state index in [1.807, 2.05) is 0 Å². The van der Waals surface area contributed by atoms with Crippen molar-refractivity contribution in [3.05, 3.63) is 21.6 Å². The highest BCUT2D eigenvalue weighted by Gasteiger charge is 2.53. The van der Waals surface area contributed by atoms with Gasteiger partial charge in [-0.2, -0.15) is 5.10 Å². The van der Waals surface area contributed by atoms with Crippen molar-refractivity contribution in [1.29, 1.82) is 0 Å². The van der Waals surface area contributed by atoms with Crippen molar-refractivity contribution in [2.24, 2.45) is 17.8 Å². The van der Waals surface area contributed by atoms with E-state index in [1.165, 1.54) is 24.2 Å². The topological polar surface area (TPSA) is 60.6 Å². The summed E-state index contributed by atoms with van der Waals surface area (Å²) in [5.74, 6) is 2.33. The number of ether oxygens (including phenoxy) is 1. The fourth-order valence-corrected chi connectivity index (χ4v) is 6.70. The zero-order valence-corrected chi connectivity index (χ0v) is 16.6. The van der Waals surface area contributed by atoms with Crippen LogP contribution in [0.3, 0.4) is 0 Å². The molecule has 0 amide bonds. The molecule has 4 bridgehead atoms. The molecule has 0 atom stereocenters. The van der Waals surface area contributed by atoms with Crippen LogP contribution in [0.5, 0.6) is 0 Å². The van der Waals surface area contributed by atoms with Crippen LogP contribution in [-0.2, 0) is 10.3 Å². The Bertz CT molecular complexity index is 724. The van der Waals surface area contributed by atoms with Gasteiger partial charge in [0, 0.05) is 0 Å². The Kier molecular flexibility index (Phi) is 4.69. The number of rotatable bonds is 5. The summed E-state index contributed by atoms with van der Waals surface area (Å²) in [4.78, 5) is 14.6. The van der Waals surface area contributed by atoms with Gasteiger partial charge in [-0.15, -0.1) is 0 Å². The number of quaternary nitrogens is 1. The largest absolute Gasteiger partial charge is 0.377 e. The second-order valence-electron chi connectivity index (χ2n) is 9.27. The van der Waals surface area contributed by atoms with Crippen LogP contribution in [0.4, 0.5) is 5.69 Å². The highest BCUT2D eigenvalue weighted by molar-refractivity contribution is 6.32. The van der Waals surface area contributed by atoms with Gasteiger partial charge in [-0.3, -0.25) is 4.79 Å². The minimum atomic E-state index is -0.109. The number of hydrogen-bond donors (Lipinski definition) is 2. The first-order valence-corrected chi connectivity index (χ1v) is 10.9. The summed E-state index contributed by atoms with van der Waals surface area (Å²) < 4.78 is 7.16. The van der Waals surface area contributed by atoms with Crippen LogP contribution in [0.2, 0.25) is 5.02 Å². The summed E-state index contributed by atoms with van der Waals surface area (Å²) in [6.45, 7) is 5.54. The number of aromatic nitrogens is 2. The lowest BCUT2D eigenvalue weighted by Gasteiger charge is -2.56. The molecule has 6 nitrogen and oxygen atoms in total. The van der Waals surface area contributed by atoms with E-state index in [2.05, 4.69) is 10.4 Å². The van der Waals surface area contributed by atoms with Gasteiger partial charge >= 0.3 is 0 Å². The molecular weight excluding hydrogens is 364 g/mol. The predicted molar refractivity (Wildman–Crippen MR) is 105 cm³/mol. The van der Waals surface area contributed by atoms with Crippen molar-refractivity contribution in [2.45, 2.75) is 44.1 Å². The maximum absolute atomic E-state index is 13.1. The first-order valence-electron chi connectivity index (χ1n) is 10.6. The van der Waals surface area contributed by atoms with Crippen LogP contribution in [0, 0.1) is 17.8 Å². The average Bonchev–Trinajstić information content (AvgIpc) is 2.65. The van der Waals surface area contributed by atoms with Crippen molar-refractivity contribution < 1.29 is 9.64 Å². The van der Waals surface area contributed by atoms with Gasteiger partial charge in [0.15, 0.2) is 0 Å². The lowest BCUT2D eigenvalue weighted by Crippen LogP contribution is -3.14. The molecular formula is C20H30ClN4O2+. The zero-order valence-electron chi connectivity index (χ0n) is 15.9. The third kappa shape index (κ3) is 3.30. The Morgan fingerprint density at radius 2 is 1.81 bits per heavy atom. The lowest BCUT2D eigenvalue weighted by atomic mass is 9.53. The van der Waals surface area contributed by atoms with Crippen molar-refractivity contribution >= 4 is 17.3 Å². The molecule has 1 aromatic heterocycles. The number of nitrogens with zero attached hydrogens (tertiary/aromatic N) is 2. The molecule has 7 heteroatoms. The van der Waals surface area contributed by atoms with Crippen LogP contribution >= 0.6 is 11.6 Å².